The third kappa shape index (κ3) is 7.81. The minimum Gasteiger partial charge on any atom is -1.00 e. The lowest BCUT2D eigenvalue weighted by Gasteiger charge is -1.99. The van der Waals surface area contributed by atoms with Gasteiger partial charge in [-0.15, -0.1) is 0 Å². The number of aromatic nitrogens is 4. The third-order valence-electron chi connectivity index (χ3n) is 3.48. The van der Waals surface area contributed by atoms with Crippen LogP contribution in [0.4, 0.5) is 0 Å². The summed E-state index contributed by atoms with van der Waals surface area (Å²) in [5.41, 5.74) is 0. The van der Waals surface area contributed by atoms with E-state index in [0.29, 0.717) is 0 Å². The summed E-state index contributed by atoms with van der Waals surface area (Å²) in [5.74, 6) is 0. The molecule has 4 nitrogen and oxygen atoms in total. The Balaban J connectivity index is 0.00000200. The molecule has 0 amide bonds. The number of hydrogen-bond donors (Lipinski definition) is 0. The first-order valence-electron chi connectivity index (χ1n) is 7.26. The summed E-state index contributed by atoms with van der Waals surface area (Å²) >= 11 is 0. The Morgan fingerprint density at radius 1 is 0.667 bits per heavy atom. The van der Waals surface area contributed by atoms with Crippen molar-refractivity contribution in [1.82, 2.24) is 9.13 Å². The van der Waals surface area contributed by atoms with E-state index >= 15 is 0 Å². The molecule has 0 aliphatic rings. The highest BCUT2D eigenvalue weighted by Gasteiger charge is 2.01. The molecule has 2 aromatic heterocycles. The van der Waals surface area contributed by atoms with E-state index < -0.39 is 0 Å². The van der Waals surface area contributed by atoms with Crippen molar-refractivity contribution in [3.8, 4) is 0 Å². The van der Waals surface area contributed by atoms with Crippen molar-refractivity contribution in [3.05, 3.63) is 37.4 Å². The van der Waals surface area contributed by atoms with Crippen LogP contribution in [-0.2, 0) is 27.2 Å². The van der Waals surface area contributed by atoms with Crippen molar-refractivity contribution in [2.45, 2.75) is 45.2 Å². The van der Waals surface area contributed by atoms with Gasteiger partial charge in [0.15, 0.2) is 0 Å². The molecular formula is C15H26Br2N4. The summed E-state index contributed by atoms with van der Waals surface area (Å²) in [6, 6.07) is 0. The number of halogens is 2. The normalized spacial score (nSPS) is 10.0. The summed E-state index contributed by atoms with van der Waals surface area (Å²) in [7, 11) is 4.13. The van der Waals surface area contributed by atoms with Crippen LogP contribution in [0.5, 0.6) is 0 Å². The monoisotopic (exact) mass is 420 g/mol. The van der Waals surface area contributed by atoms with E-state index in [2.05, 4.69) is 69.8 Å². The molecule has 2 heterocycles. The van der Waals surface area contributed by atoms with Crippen LogP contribution in [-0.4, -0.2) is 9.13 Å². The molecule has 6 heteroatoms. The molecule has 0 spiro atoms. The molecule has 120 valence electrons. The van der Waals surface area contributed by atoms with Crippen molar-refractivity contribution >= 4 is 0 Å². The highest BCUT2D eigenvalue weighted by Crippen LogP contribution is 2.05. The quantitative estimate of drug-likeness (QED) is 0.302. The van der Waals surface area contributed by atoms with Gasteiger partial charge >= 0.3 is 0 Å². The van der Waals surface area contributed by atoms with Crippen LogP contribution < -0.4 is 43.1 Å². The molecule has 0 N–H and O–H groups in total. The zero-order valence-electron chi connectivity index (χ0n) is 13.0. The van der Waals surface area contributed by atoms with Gasteiger partial charge in [-0.2, -0.15) is 0 Å². The molecule has 0 aromatic carbocycles. The fourth-order valence-corrected chi connectivity index (χ4v) is 2.39. The van der Waals surface area contributed by atoms with Crippen LogP contribution in [0.2, 0.25) is 0 Å². The molecule has 0 aliphatic heterocycles. The largest absolute Gasteiger partial charge is 1.00 e. The topological polar surface area (TPSA) is 17.6 Å². The first-order chi connectivity index (χ1) is 9.24. The van der Waals surface area contributed by atoms with Crippen LogP contribution >= 0.6 is 0 Å². The van der Waals surface area contributed by atoms with Gasteiger partial charge in [0.25, 0.3) is 0 Å². The summed E-state index contributed by atoms with van der Waals surface area (Å²) in [6.07, 6.45) is 19.4. The van der Waals surface area contributed by atoms with E-state index in [1.165, 1.54) is 32.1 Å². The van der Waals surface area contributed by atoms with Gasteiger partial charge in [-0.1, -0.05) is 6.42 Å². The second-order valence-corrected chi connectivity index (χ2v) is 5.40. The lowest BCUT2D eigenvalue weighted by atomic mass is 10.1. The highest BCUT2D eigenvalue weighted by atomic mass is 79.9. The molecule has 0 unspecified atom stereocenters. The van der Waals surface area contributed by atoms with Gasteiger partial charge in [0.2, 0.25) is 12.7 Å². The molecule has 0 saturated heterocycles. The van der Waals surface area contributed by atoms with Crippen LogP contribution in [0, 0.1) is 0 Å². The zero-order valence-corrected chi connectivity index (χ0v) is 16.1. The van der Waals surface area contributed by atoms with E-state index in [1.807, 2.05) is 0 Å². The fraction of sp³-hybridized carbons (Fsp3) is 0.600. The Labute approximate surface area is 148 Å². The smallest absolute Gasteiger partial charge is 0.243 e. The predicted molar refractivity (Wildman–Crippen MR) is 74.3 cm³/mol. The average molecular weight is 422 g/mol. The second-order valence-electron chi connectivity index (χ2n) is 5.40. The van der Waals surface area contributed by atoms with Gasteiger partial charge in [-0.25, -0.2) is 18.3 Å². The third-order valence-corrected chi connectivity index (χ3v) is 3.48. The standard InChI is InChI=1S/C15H26N4.2BrH/c1-16-10-12-18(14-16)8-6-4-3-5-7-9-19-13-11-17(2)15-19;;/h10-15H,3-9H2,1-2H3;2*1H/q+2;;/p-2. The first-order valence-corrected chi connectivity index (χ1v) is 7.26. The first kappa shape index (κ1) is 20.4. The molecule has 2 aromatic rings. The van der Waals surface area contributed by atoms with E-state index in [0.717, 1.165) is 13.1 Å². The number of rotatable bonds is 8. The Morgan fingerprint density at radius 3 is 1.38 bits per heavy atom. The maximum Gasteiger partial charge on any atom is 0.243 e. The minimum absolute atomic E-state index is 0. The van der Waals surface area contributed by atoms with Crippen molar-refractivity contribution in [2.75, 3.05) is 0 Å². The summed E-state index contributed by atoms with van der Waals surface area (Å²) in [4.78, 5) is 0. The van der Waals surface area contributed by atoms with E-state index in [-0.39, 0.29) is 34.0 Å². The Hall–Kier alpha value is -0.620. The van der Waals surface area contributed by atoms with Crippen molar-refractivity contribution in [2.24, 2.45) is 14.1 Å². The van der Waals surface area contributed by atoms with Gasteiger partial charge in [-0.05, 0) is 25.7 Å². The Morgan fingerprint density at radius 2 is 1.05 bits per heavy atom. The maximum atomic E-state index is 2.26. The van der Waals surface area contributed by atoms with E-state index in [4.69, 9.17) is 0 Å². The van der Waals surface area contributed by atoms with E-state index in [1.54, 1.807) is 0 Å². The fourth-order valence-electron chi connectivity index (χ4n) is 2.39. The van der Waals surface area contributed by atoms with Gasteiger partial charge < -0.3 is 34.0 Å². The van der Waals surface area contributed by atoms with E-state index in [9.17, 15) is 0 Å². The van der Waals surface area contributed by atoms with Crippen molar-refractivity contribution in [1.29, 1.82) is 0 Å². The number of unbranched alkanes of at least 4 members (excludes halogenated alkanes) is 4. The number of aryl methyl sites for hydroxylation is 4. The molecule has 2 rings (SSSR count). The van der Waals surface area contributed by atoms with Crippen molar-refractivity contribution in [3.63, 3.8) is 0 Å². The van der Waals surface area contributed by atoms with Crippen LogP contribution in [0.25, 0.3) is 0 Å². The summed E-state index contributed by atoms with van der Waals surface area (Å²) in [6.45, 7) is 2.29. The molecule has 0 radical (unpaired) electrons. The molecule has 21 heavy (non-hydrogen) atoms. The number of hydrogen-bond acceptors (Lipinski definition) is 0. The Bertz CT molecular complexity index is 449. The molecule has 0 atom stereocenters. The van der Waals surface area contributed by atoms with Crippen LogP contribution in [0.1, 0.15) is 32.1 Å². The molecular weight excluding hydrogens is 396 g/mol. The lowest BCUT2D eigenvalue weighted by molar-refractivity contribution is -0.671. The molecule has 0 saturated carbocycles. The maximum absolute atomic E-state index is 2.26. The average Bonchev–Trinajstić information content (AvgIpc) is 2.97. The highest BCUT2D eigenvalue weighted by molar-refractivity contribution is 4.66. The van der Waals surface area contributed by atoms with Gasteiger partial charge in [-0.3, -0.25) is 0 Å². The molecule has 0 fully saturated rings. The van der Waals surface area contributed by atoms with Crippen molar-refractivity contribution < 1.29 is 43.1 Å². The number of nitrogens with zero attached hydrogens (tertiary/aromatic N) is 4. The Kier molecular flexibility index (Phi) is 10.7. The van der Waals surface area contributed by atoms with Crippen LogP contribution in [0.15, 0.2) is 37.4 Å². The van der Waals surface area contributed by atoms with Crippen LogP contribution in [0.3, 0.4) is 0 Å². The van der Waals surface area contributed by atoms with Gasteiger partial charge in [0.05, 0.1) is 27.2 Å². The predicted octanol–water partition coefficient (Wildman–Crippen LogP) is -4.40. The van der Waals surface area contributed by atoms with Gasteiger partial charge in [0.1, 0.15) is 24.8 Å². The summed E-state index contributed by atoms with van der Waals surface area (Å²) in [5, 5.41) is 0. The molecule has 0 aliphatic carbocycles. The molecule has 0 bridgehead atoms. The zero-order chi connectivity index (χ0) is 13.5. The second kappa shape index (κ2) is 11.0. The van der Waals surface area contributed by atoms with Gasteiger partial charge in [0, 0.05) is 0 Å². The SMILES string of the molecule is C[n+]1ccn(CCCCCCCn2cc[n+](C)c2)c1.[Br-].[Br-]. The minimum atomic E-state index is 0. The summed E-state index contributed by atoms with van der Waals surface area (Å²) < 4.78 is 8.72. The number of imidazole rings is 2. The lowest BCUT2D eigenvalue weighted by Crippen LogP contribution is -3.00.